The third-order valence-electron chi connectivity index (χ3n) is 8.34. The number of nitrogens with zero attached hydrogens (tertiary/aromatic N) is 1. The van der Waals surface area contributed by atoms with E-state index in [-0.39, 0.29) is 35.9 Å². The molecule has 0 spiro atoms. The van der Waals surface area contributed by atoms with Gasteiger partial charge in [0.15, 0.2) is 0 Å². The lowest BCUT2D eigenvalue weighted by Gasteiger charge is -2.42. The van der Waals surface area contributed by atoms with Crippen LogP contribution in [0.15, 0.2) is 84.9 Å². The van der Waals surface area contributed by atoms with Crippen molar-refractivity contribution in [1.82, 2.24) is 10.2 Å². The predicted molar refractivity (Wildman–Crippen MR) is 141 cm³/mol. The second kappa shape index (κ2) is 9.81. The van der Waals surface area contributed by atoms with Gasteiger partial charge in [-0.3, -0.25) is 9.59 Å². The van der Waals surface area contributed by atoms with E-state index < -0.39 is 0 Å². The molecule has 3 aromatic rings. The van der Waals surface area contributed by atoms with E-state index in [0.29, 0.717) is 11.5 Å². The van der Waals surface area contributed by atoms with Crippen molar-refractivity contribution in [2.45, 2.75) is 50.2 Å². The van der Waals surface area contributed by atoms with Crippen LogP contribution in [0.4, 0.5) is 5.69 Å². The number of fused-ring (bicyclic) bond motifs is 3. The van der Waals surface area contributed by atoms with E-state index >= 15 is 0 Å². The lowest BCUT2D eigenvalue weighted by molar-refractivity contribution is -0.138. The Kier molecular flexibility index (Phi) is 6.22. The van der Waals surface area contributed by atoms with Gasteiger partial charge >= 0.3 is 0 Å². The average molecular weight is 480 g/mol. The van der Waals surface area contributed by atoms with Gasteiger partial charge in [0, 0.05) is 29.8 Å². The van der Waals surface area contributed by atoms with E-state index in [1.807, 2.05) is 30.3 Å². The second-order valence-electron chi connectivity index (χ2n) is 10.4. The van der Waals surface area contributed by atoms with Crippen molar-refractivity contribution in [3.8, 4) is 0 Å². The van der Waals surface area contributed by atoms with Crippen LogP contribution in [0.2, 0.25) is 0 Å². The summed E-state index contributed by atoms with van der Waals surface area (Å²) in [5, 5.41) is 7.00. The van der Waals surface area contributed by atoms with E-state index in [2.05, 4.69) is 70.1 Å². The number of nitrogens with one attached hydrogen (secondary N) is 2. The van der Waals surface area contributed by atoms with Crippen molar-refractivity contribution in [2.75, 3.05) is 11.9 Å². The molecule has 2 amide bonds. The molecule has 2 aliphatic heterocycles. The molecular weight excluding hydrogens is 446 g/mol. The number of hydrogen-bond acceptors (Lipinski definition) is 3. The zero-order valence-corrected chi connectivity index (χ0v) is 20.5. The Morgan fingerprint density at radius 3 is 2.31 bits per heavy atom. The van der Waals surface area contributed by atoms with Crippen LogP contribution >= 0.6 is 0 Å². The van der Waals surface area contributed by atoms with Crippen LogP contribution in [-0.4, -0.2) is 29.3 Å². The molecule has 1 aliphatic carbocycles. The molecule has 5 nitrogen and oxygen atoms in total. The standard InChI is InChI=1S/C31H33N3O2/c35-30(22-13-5-2-6-14-22)33-27-18-10-8-16-24(27)31(36)34-20-19-25-28(21-11-3-1-4-12-21)32-26-17-9-7-15-23(26)29(25)34/h1-7,9,11-15,17,24-25,27-29,32H,8,10,16,18-20H2,(H,33,35)/t24-,25?,27+,28?,29?/m0/s1. The van der Waals surface area contributed by atoms with Crippen LogP contribution in [0, 0.1) is 11.8 Å². The van der Waals surface area contributed by atoms with Gasteiger partial charge < -0.3 is 15.5 Å². The molecule has 5 atom stereocenters. The van der Waals surface area contributed by atoms with Crippen LogP contribution < -0.4 is 10.6 Å². The summed E-state index contributed by atoms with van der Waals surface area (Å²) in [6.45, 7) is 0.753. The maximum absolute atomic E-state index is 14.2. The fourth-order valence-electron chi connectivity index (χ4n) is 6.62. The zero-order chi connectivity index (χ0) is 24.5. The fraction of sp³-hybridized carbons (Fsp3) is 0.355. The summed E-state index contributed by atoms with van der Waals surface area (Å²) < 4.78 is 0. The normalized spacial score (nSPS) is 26.9. The van der Waals surface area contributed by atoms with Gasteiger partial charge in [-0.05, 0) is 48.6 Å². The molecule has 1 saturated carbocycles. The highest BCUT2D eigenvalue weighted by atomic mass is 16.2. The molecule has 2 fully saturated rings. The maximum Gasteiger partial charge on any atom is 0.251 e. The van der Waals surface area contributed by atoms with Gasteiger partial charge in [0.2, 0.25) is 5.91 Å². The summed E-state index contributed by atoms with van der Waals surface area (Å²) in [6.07, 6.45) is 4.71. The summed E-state index contributed by atoms with van der Waals surface area (Å²) in [5.74, 6) is 0.245. The molecule has 36 heavy (non-hydrogen) atoms. The highest BCUT2D eigenvalue weighted by molar-refractivity contribution is 5.95. The number of para-hydroxylation sites is 1. The fourth-order valence-corrected chi connectivity index (χ4v) is 6.62. The van der Waals surface area contributed by atoms with E-state index in [4.69, 9.17) is 0 Å². The molecule has 3 unspecified atom stereocenters. The van der Waals surface area contributed by atoms with Crippen LogP contribution in [0.5, 0.6) is 0 Å². The number of hydrogen-bond donors (Lipinski definition) is 2. The van der Waals surface area contributed by atoms with Gasteiger partial charge in [0.1, 0.15) is 0 Å². The molecule has 3 aromatic carbocycles. The Hall–Kier alpha value is -3.60. The first-order valence-electron chi connectivity index (χ1n) is 13.3. The van der Waals surface area contributed by atoms with E-state index in [9.17, 15) is 9.59 Å². The zero-order valence-electron chi connectivity index (χ0n) is 20.5. The van der Waals surface area contributed by atoms with Crippen molar-refractivity contribution in [3.05, 3.63) is 102 Å². The molecule has 3 aliphatic rings. The minimum absolute atomic E-state index is 0.0487. The molecule has 0 bridgehead atoms. The summed E-state index contributed by atoms with van der Waals surface area (Å²) in [5.41, 5.74) is 4.24. The lowest BCUT2D eigenvalue weighted by Crippen LogP contribution is -2.50. The number of carbonyl (C=O) groups excluding carboxylic acids is 2. The third-order valence-corrected chi connectivity index (χ3v) is 8.34. The largest absolute Gasteiger partial charge is 0.378 e. The summed E-state index contributed by atoms with van der Waals surface area (Å²) >= 11 is 0. The van der Waals surface area contributed by atoms with Crippen molar-refractivity contribution in [2.24, 2.45) is 11.8 Å². The predicted octanol–water partition coefficient (Wildman–Crippen LogP) is 5.73. The van der Waals surface area contributed by atoms with E-state index in [1.54, 1.807) is 0 Å². The number of anilines is 1. The molecule has 2 N–H and O–H groups in total. The quantitative estimate of drug-likeness (QED) is 0.502. The van der Waals surface area contributed by atoms with Gasteiger partial charge in [0.05, 0.1) is 18.0 Å². The summed E-state index contributed by atoms with van der Waals surface area (Å²) in [7, 11) is 0. The molecule has 5 heteroatoms. The average Bonchev–Trinajstić information content (AvgIpc) is 3.39. The van der Waals surface area contributed by atoms with Gasteiger partial charge in [-0.2, -0.15) is 0 Å². The first kappa shape index (κ1) is 22.8. The summed E-state index contributed by atoms with van der Waals surface area (Å²) in [6, 6.07) is 28.4. The van der Waals surface area contributed by atoms with Crippen molar-refractivity contribution in [1.29, 1.82) is 0 Å². The Bertz CT molecular complexity index is 1230. The van der Waals surface area contributed by atoms with Crippen molar-refractivity contribution in [3.63, 3.8) is 0 Å². The Labute approximate surface area is 212 Å². The minimum atomic E-state index is -0.178. The van der Waals surface area contributed by atoms with Gasteiger partial charge in [-0.25, -0.2) is 0 Å². The van der Waals surface area contributed by atoms with Gasteiger partial charge in [-0.1, -0.05) is 79.6 Å². The molecule has 6 rings (SSSR count). The third kappa shape index (κ3) is 4.17. The van der Waals surface area contributed by atoms with Crippen molar-refractivity contribution >= 4 is 17.5 Å². The second-order valence-corrected chi connectivity index (χ2v) is 10.4. The number of likely N-dealkylation sites (tertiary alicyclic amines) is 1. The number of benzene rings is 3. The first-order chi connectivity index (χ1) is 17.7. The monoisotopic (exact) mass is 479 g/mol. The van der Waals surface area contributed by atoms with Crippen LogP contribution in [-0.2, 0) is 4.79 Å². The van der Waals surface area contributed by atoms with Crippen LogP contribution in [0.3, 0.4) is 0 Å². The summed E-state index contributed by atoms with van der Waals surface area (Å²) in [4.78, 5) is 29.3. The Balaban J connectivity index is 1.28. The Morgan fingerprint density at radius 2 is 1.50 bits per heavy atom. The number of rotatable bonds is 4. The van der Waals surface area contributed by atoms with E-state index in [1.165, 1.54) is 11.1 Å². The molecule has 2 heterocycles. The minimum Gasteiger partial charge on any atom is -0.378 e. The Morgan fingerprint density at radius 1 is 0.806 bits per heavy atom. The van der Waals surface area contributed by atoms with Crippen molar-refractivity contribution < 1.29 is 9.59 Å². The molecule has 184 valence electrons. The smallest absolute Gasteiger partial charge is 0.251 e. The highest BCUT2D eigenvalue weighted by Gasteiger charge is 2.48. The SMILES string of the molecule is O=C(N[C@@H]1CCCC[C@@H]1C(=O)N1CCC2C(c3ccccc3)Nc3ccccc3C21)c1ccccc1. The highest BCUT2D eigenvalue weighted by Crippen LogP contribution is 2.51. The lowest BCUT2D eigenvalue weighted by atomic mass is 9.79. The van der Waals surface area contributed by atoms with Gasteiger partial charge in [-0.15, -0.1) is 0 Å². The molecule has 1 saturated heterocycles. The number of carbonyl (C=O) groups is 2. The maximum atomic E-state index is 14.2. The van der Waals surface area contributed by atoms with Crippen LogP contribution in [0.1, 0.15) is 65.7 Å². The first-order valence-corrected chi connectivity index (χ1v) is 13.3. The molecule has 0 aromatic heterocycles. The van der Waals surface area contributed by atoms with Crippen LogP contribution in [0.25, 0.3) is 0 Å². The van der Waals surface area contributed by atoms with E-state index in [0.717, 1.165) is 44.3 Å². The topological polar surface area (TPSA) is 61.4 Å². The molecule has 0 radical (unpaired) electrons. The van der Waals surface area contributed by atoms with Gasteiger partial charge in [0.25, 0.3) is 5.91 Å². The number of amides is 2. The molecular formula is C31H33N3O2.